The van der Waals surface area contributed by atoms with Gasteiger partial charge in [-0.15, -0.1) is 5.10 Å². The molecule has 0 unspecified atom stereocenters. The second kappa shape index (κ2) is 8.07. The quantitative estimate of drug-likeness (QED) is 0.521. The summed E-state index contributed by atoms with van der Waals surface area (Å²) in [6, 6.07) is 13.7. The summed E-state index contributed by atoms with van der Waals surface area (Å²) >= 11 is 1.93. The number of fused-ring (bicyclic) bond motifs is 1. The molecule has 7 nitrogen and oxygen atoms in total. The molecule has 0 saturated carbocycles. The molecule has 5 rings (SSSR count). The van der Waals surface area contributed by atoms with Crippen LogP contribution in [0.2, 0.25) is 0 Å². The van der Waals surface area contributed by atoms with Crippen LogP contribution in [0.5, 0.6) is 5.75 Å². The standard InChI is InChI=1S/C22H21FN6OS/c1-30-17-8-2-14(3-9-17)19-18-20(24)29(16-6-4-15(23)5-7-16)27-21(18)26-22(25-19)28-10-12-31-13-11-28/h2-9H,10-13,24H2,1H3. The van der Waals surface area contributed by atoms with Crippen molar-refractivity contribution in [1.29, 1.82) is 0 Å². The number of benzene rings is 2. The molecule has 1 saturated heterocycles. The summed E-state index contributed by atoms with van der Waals surface area (Å²) in [4.78, 5) is 11.8. The normalized spacial score (nSPS) is 14.2. The number of halogens is 1. The van der Waals surface area contributed by atoms with Gasteiger partial charge in [-0.05, 0) is 48.5 Å². The largest absolute Gasteiger partial charge is 0.497 e. The second-order valence-electron chi connectivity index (χ2n) is 7.17. The van der Waals surface area contributed by atoms with E-state index in [4.69, 9.17) is 20.4 Å². The second-order valence-corrected chi connectivity index (χ2v) is 8.40. The van der Waals surface area contributed by atoms with E-state index in [9.17, 15) is 4.39 Å². The molecule has 158 valence electrons. The molecule has 31 heavy (non-hydrogen) atoms. The van der Waals surface area contributed by atoms with Crippen molar-refractivity contribution in [2.24, 2.45) is 0 Å². The Hall–Kier alpha value is -3.33. The number of thioether (sulfide) groups is 1. The number of nitrogens with zero attached hydrogens (tertiary/aromatic N) is 5. The van der Waals surface area contributed by atoms with Crippen molar-refractivity contribution >= 4 is 34.6 Å². The number of nitrogens with two attached hydrogens (primary N) is 1. The van der Waals surface area contributed by atoms with Crippen molar-refractivity contribution in [2.75, 3.05) is 42.3 Å². The van der Waals surface area contributed by atoms with Gasteiger partial charge in [0.15, 0.2) is 5.65 Å². The Labute approximate surface area is 183 Å². The van der Waals surface area contributed by atoms with Crippen molar-refractivity contribution in [2.45, 2.75) is 0 Å². The van der Waals surface area contributed by atoms with Gasteiger partial charge >= 0.3 is 0 Å². The highest BCUT2D eigenvalue weighted by Crippen LogP contribution is 2.34. The fraction of sp³-hybridized carbons (Fsp3) is 0.227. The fourth-order valence-corrected chi connectivity index (χ4v) is 4.54. The number of ether oxygens (including phenoxy) is 1. The van der Waals surface area contributed by atoms with Crippen LogP contribution in [0, 0.1) is 5.82 Å². The minimum atomic E-state index is -0.317. The third kappa shape index (κ3) is 3.65. The van der Waals surface area contributed by atoms with Crippen LogP contribution < -0.4 is 15.4 Å². The lowest BCUT2D eigenvalue weighted by atomic mass is 10.1. The smallest absolute Gasteiger partial charge is 0.228 e. The maximum absolute atomic E-state index is 13.4. The first-order valence-electron chi connectivity index (χ1n) is 9.93. The van der Waals surface area contributed by atoms with E-state index in [0.29, 0.717) is 34.2 Å². The Morgan fingerprint density at radius 2 is 1.71 bits per heavy atom. The van der Waals surface area contributed by atoms with Crippen molar-refractivity contribution < 1.29 is 9.13 Å². The lowest BCUT2D eigenvalue weighted by molar-refractivity contribution is 0.415. The van der Waals surface area contributed by atoms with E-state index >= 15 is 0 Å². The average Bonchev–Trinajstić information content (AvgIpc) is 3.16. The van der Waals surface area contributed by atoms with Crippen LogP contribution in [0.1, 0.15) is 0 Å². The van der Waals surface area contributed by atoms with E-state index in [1.54, 1.807) is 23.9 Å². The molecule has 0 bridgehead atoms. The molecule has 0 aliphatic carbocycles. The van der Waals surface area contributed by atoms with Gasteiger partial charge in [0.1, 0.15) is 17.4 Å². The van der Waals surface area contributed by atoms with Crippen LogP contribution in [0.25, 0.3) is 28.0 Å². The molecule has 4 aromatic rings. The third-order valence-electron chi connectivity index (χ3n) is 5.29. The summed E-state index contributed by atoms with van der Waals surface area (Å²) in [5, 5.41) is 5.32. The zero-order valence-corrected chi connectivity index (χ0v) is 17.8. The molecule has 0 radical (unpaired) electrons. The Balaban J connectivity index is 1.71. The summed E-state index contributed by atoms with van der Waals surface area (Å²) in [5.41, 5.74) is 9.30. The van der Waals surface area contributed by atoms with Gasteiger partial charge in [0.2, 0.25) is 5.95 Å². The topological polar surface area (TPSA) is 82.1 Å². The van der Waals surface area contributed by atoms with Gasteiger partial charge in [-0.3, -0.25) is 0 Å². The van der Waals surface area contributed by atoms with Crippen molar-refractivity contribution in [3.8, 4) is 22.7 Å². The van der Waals surface area contributed by atoms with Gasteiger partial charge in [-0.25, -0.2) is 14.1 Å². The van der Waals surface area contributed by atoms with Crippen molar-refractivity contribution in [1.82, 2.24) is 19.7 Å². The minimum Gasteiger partial charge on any atom is -0.497 e. The average molecular weight is 437 g/mol. The van der Waals surface area contributed by atoms with E-state index in [1.807, 2.05) is 36.0 Å². The monoisotopic (exact) mass is 436 g/mol. The van der Waals surface area contributed by atoms with Crippen LogP contribution >= 0.6 is 11.8 Å². The summed E-state index contributed by atoms with van der Waals surface area (Å²) in [6.45, 7) is 1.76. The molecular weight excluding hydrogens is 415 g/mol. The van der Waals surface area contributed by atoms with E-state index in [0.717, 1.165) is 35.9 Å². The Morgan fingerprint density at radius 3 is 2.39 bits per heavy atom. The van der Waals surface area contributed by atoms with Crippen LogP contribution in [0.15, 0.2) is 48.5 Å². The van der Waals surface area contributed by atoms with Gasteiger partial charge < -0.3 is 15.4 Å². The predicted molar refractivity (Wildman–Crippen MR) is 123 cm³/mol. The maximum atomic E-state index is 13.4. The number of aromatic nitrogens is 4. The molecule has 0 spiro atoms. The highest BCUT2D eigenvalue weighted by atomic mass is 32.2. The number of nitrogen functional groups attached to an aromatic ring is 1. The van der Waals surface area contributed by atoms with Crippen molar-refractivity contribution in [3.05, 3.63) is 54.3 Å². The third-order valence-corrected chi connectivity index (χ3v) is 6.23. The lowest BCUT2D eigenvalue weighted by Gasteiger charge is -2.26. The number of hydrogen-bond donors (Lipinski definition) is 1. The molecule has 3 heterocycles. The summed E-state index contributed by atoms with van der Waals surface area (Å²) in [6.07, 6.45) is 0. The number of rotatable bonds is 4. The molecule has 2 aromatic carbocycles. The Morgan fingerprint density at radius 1 is 1.00 bits per heavy atom. The van der Waals surface area contributed by atoms with E-state index in [-0.39, 0.29) is 5.82 Å². The van der Waals surface area contributed by atoms with Crippen LogP contribution in [0.3, 0.4) is 0 Å². The molecule has 2 aromatic heterocycles. The Bertz CT molecular complexity index is 1220. The van der Waals surface area contributed by atoms with E-state index < -0.39 is 0 Å². The first-order valence-corrected chi connectivity index (χ1v) is 11.1. The number of methoxy groups -OCH3 is 1. The summed E-state index contributed by atoms with van der Waals surface area (Å²) < 4.78 is 20.3. The molecule has 1 aliphatic heterocycles. The number of hydrogen-bond acceptors (Lipinski definition) is 7. The summed E-state index contributed by atoms with van der Waals surface area (Å²) in [5.74, 6) is 3.56. The molecular formula is C22H21FN6OS. The van der Waals surface area contributed by atoms with E-state index in [2.05, 4.69) is 10.00 Å². The summed E-state index contributed by atoms with van der Waals surface area (Å²) in [7, 11) is 1.63. The van der Waals surface area contributed by atoms with Gasteiger partial charge in [-0.2, -0.15) is 16.7 Å². The minimum absolute atomic E-state index is 0.317. The van der Waals surface area contributed by atoms with E-state index in [1.165, 1.54) is 12.1 Å². The number of anilines is 2. The molecule has 0 amide bonds. The highest BCUT2D eigenvalue weighted by Gasteiger charge is 2.22. The van der Waals surface area contributed by atoms with Gasteiger partial charge in [0.25, 0.3) is 0 Å². The van der Waals surface area contributed by atoms with Crippen LogP contribution in [-0.2, 0) is 0 Å². The predicted octanol–water partition coefficient (Wildman–Crippen LogP) is 3.77. The van der Waals surface area contributed by atoms with Gasteiger partial charge in [0.05, 0.1) is 23.9 Å². The van der Waals surface area contributed by atoms with Crippen LogP contribution in [0.4, 0.5) is 16.2 Å². The lowest BCUT2D eigenvalue weighted by Crippen LogP contribution is -2.33. The fourth-order valence-electron chi connectivity index (χ4n) is 3.64. The molecule has 2 N–H and O–H groups in total. The first kappa shape index (κ1) is 19.6. The SMILES string of the molecule is COc1ccc(-c2nc(N3CCSCC3)nc3nn(-c4ccc(F)cc4)c(N)c23)cc1. The van der Waals surface area contributed by atoms with Gasteiger partial charge in [0, 0.05) is 30.2 Å². The highest BCUT2D eigenvalue weighted by molar-refractivity contribution is 7.99. The molecule has 9 heteroatoms. The molecule has 1 aliphatic rings. The molecule has 1 fully saturated rings. The maximum Gasteiger partial charge on any atom is 0.228 e. The Kier molecular flexibility index (Phi) is 5.11. The molecule has 0 atom stereocenters. The first-order chi connectivity index (χ1) is 15.1. The zero-order valence-electron chi connectivity index (χ0n) is 17.0. The zero-order chi connectivity index (χ0) is 21.4. The van der Waals surface area contributed by atoms with Crippen LogP contribution in [-0.4, -0.2) is 51.5 Å². The van der Waals surface area contributed by atoms with Gasteiger partial charge in [-0.1, -0.05) is 0 Å². The van der Waals surface area contributed by atoms with Crippen molar-refractivity contribution in [3.63, 3.8) is 0 Å².